The van der Waals surface area contributed by atoms with Crippen LogP contribution in [0.5, 0.6) is 5.75 Å². The maximum Gasteiger partial charge on any atom is 0.254 e. The van der Waals surface area contributed by atoms with E-state index >= 15 is 0 Å². The van der Waals surface area contributed by atoms with Crippen LogP contribution < -0.4 is 9.64 Å². The number of piperazine rings is 1. The predicted octanol–water partition coefficient (Wildman–Crippen LogP) is 4.05. The van der Waals surface area contributed by atoms with Crippen molar-refractivity contribution in [2.24, 2.45) is 0 Å². The molecule has 0 spiro atoms. The second-order valence-electron chi connectivity index (χ2n) is 9.38. The van der Waals surface area contributed by atoms with Crippen molar-refractivity contribution >= 4 is 17.6 Å². The van der Waals surface area contributed by atoms with E-state index in [2.05, 4.69) is 15.1 Å². The van der Waals surface area contributed by atoms with Crippen molar-refractivity contribution in [1.82, 2.24) is 20.0 Å². The summed E-state index contributed by atoms with van der Waals surface area (Å²) in [6.45, 7) is 8.51. The van der Waals surface area contributed by atoms with Gasteiger partial charge in [0.05, 0.1) is 12.8 Å². The number of aryl methyl sites for hydroxylation is 1. The first-order valence-corrected chi connectivity index (χ1v) is 12.8. The van der Waals surface area contributed by atoms with Crippen LogP contribution in [0.1, 0.15) is 36.2 Å². The Morgan fingerprint density at radius 3 is 2.41 bits per heavy atom. The molecule has 8 heteroatoms. The maximum atomic E-state index is 13.3. The quantitative estimate of drug-likeness (QED) is 0.463. The van der Waals surface area contributed by atoms with E-state index < -0.39 is 0 Å². The fourth-order valence-corrected chi connectivity index (χ4v) is 4.48. The Balaban J connectivity index is 1.37. The number of carbonyl (C=O) groups is 2. The van der Waals surface area contributed by atoms with Crippen molar-refractivity contribution in [3.63, 3.8) is 0 Å². The highest BCUT2D eigenvalue weighted by atomic mass is 16.5. The highest BCUT2D eigenvalue weighted by Gasteiger charge is 2.28. The summed E-state index contributed by atoms with van der Waals surface area (Å²) in [6.07, 6.45) is 0.781. The minimum absolute atomic E-state index is 0.0265. The zero-order valence-corrected chi connectivity index (χ0v) is 22.1. The number of hydrogen-bond donors (Lipinski definition) is 0. The van der Waals surface area contributed by atoms with E-state index in [4.69, 9.17) is 4.74 Å². The van der Waals surface area contributed by atoms with Gasteiger partial charge in [-0.25, -0.2) is 0 Å². The van der Waals surface area contributed by atoms with Gasteiger partial charge in [0.15, 0.2) is 5.82 Å². The molecule has 0 bridgehead atoms. The van der Waals surface area contributed by atoms with Crippen LogP contribution in [-0.2, 0) is 4.79 Å². The Morgan fingerprint density at radius 1 is 1.00 bits per heavy atom. The number of aromatic nitrogens is 2. The van der Waals surface area contributed by atoms with Gasteiger partial charge >= 0.3 is 0 Å². The Hall–Kier alpha value is -3.94. The van der Waals surface area contributed by atoms with Gasteiger partial charge in [0.25, 0.3) is 5.91 Å². The number of amides is 2. The van der Waals surface area contributed by atoms with Crippen LogP contribution in [0.2, 0.25) is 0 Å². The molecule has 0 saturated carbocycles. The molecule has 1 saturated heterocycles. The Morgan fingerprint density at radius 2 is 1.76 bits per heavy atom. The number of benzene rings is 2. The van der Waals surface area contributed by atoms with E-state index in [9.17, 15) is 9.59 Å². The number of hydrogen-bond acceptors (Lipinski definition) is 6. The van der Waals surface area contributed by atoms with Crippen LogP contribution >= 0.6 is 0 Å². The second-order valence-corrected chi connectivity index (χ2v) is 9.38. The van der Waals surface area contributed by atoms with Crippen molar-refractivity contribution in [2.45, 2.75) is 33.2 Å². The van der Waals surface area contributed by atoms with Gasteiger partial charge in [-0.1, -0.05) is 37.3 Å². The Labute approximate surface area is 218 Å². The number of nitrogens with zero attached hydrogens (tertiary/aromatic N) is 5. The summed E-state index contributed by atoms with van der Waals surface area (Å²) >= 11 is 0. The lowest BCUT2D eigenvalue weighted by atomic mass is 10.1. The SMILES string of the molecule is CCC(C)N(CC(=O)N1CCN(c2ccc(-c3cccc(OC)c3)nn2)CC1)C(=O)c1ccccc1C. The molecule has 0 N–H and O–H groups in total. The van der Waals surface area contributed by atoms with Crippen molar-refractivity contribution in [3.8, 4) is 17.0 Å². The zero-order chi connectivity index (χ0) is 26.4. The first kappa shape index (κ1) is 26.1. The van der Waals surface area contributed by atoms with E-state index in [1.807, 2.05) is 86.3 Å². The van der Waals surface area contributed by atoms with Crippen LogP contribution in [0.3, 0.4) is 0 Å². The van der Waals surface area contributed by atoms with Gasteiger partial charge in [0.2, 0.25) is 5.91 Å². The Bertz CT molecular complexity index is 1220. The molecule has 2 amide bonds. The van der Waals surface area contributed by atoms with Gasteiger partial charge in [0, 0.05) is 43.3 Å². The molecular weight excluding hydrogens is 466 g/mol. The van der Waals surface area contributed by atoms with Crippen LogP contribution in [0, 0.1) is 6.92 Å². The van der Waals surface area contributed by atoms with Crippen molar-refractivity contribution in [3.05, 3.63) is 71.8 Å². The third-order valence-electron chi connectivity index (χ3n) is 7.04. The van der Waals surface area contributed by atoms with Gasteiger partial charge in [-0.3, -0.25) is 9.59 Å². The van der Waals surface area contributed by atoms with Crippen molar-refractivity contribution < 1.29 is 14.3 Å². The van der Waals surface area contributed by atoms with Gasteiger partial charge in [-0.15, -0.1) is 10.2 Å². The zero-order valence-electron chi connectivity index (χ0n) is 22.1. The molecule has 8 nitrogen and oxygen atoms in total. The van der Waals surface area contributed by atoms with Gasteiger partial charge < -0.3 is 19.4 Å². The summed E-state index contributed by atoms with van der Waals surface area (Å²) in [5.74, 6) is 1.44. The summed E-state index contributed by atoms with van der Waals surface area (Å²) in [5, 5.41) is 8.84. The number of ether oxygens (including phenoxy) is 1. The topological polar surface area (TPSA) is 78.9 Å². The van der Waals surface area contributed by atoms with E-state index in [1.165, 1.54) is 0 Å². The standard InChI is InChI=1S/C29H35N5O3/c1-5-22(3)34(29(36)25-12-7-6-9-21(25)2)20-28(35)33-17-15-32(16-18-33)27-14-13-26(30-31-27)23-10-8-11-24(19-23)37-4/h6-14,19,22H,5,15-18,20H2,1-4H3. The molecule has 1 fully saturated rings. The summed E-state index contributed by atoms with van der Waals surface area (Å²) in [4.78, 5) is 32.2. The summed E-state index contributed by atoms with van der Waals surface area (Å²) in [5.41, 5.74) is 3.29. The molecule has 1 atom stereocenters. The second kappa shape index (κ2) is 11.9. The summed E-state index contributed by atoms with van der Waals surface area (Å²) < 4.78 is 5.30. The molecule has 37 heavy (non-hydrogen) atoms. The molecule has 1 aliphatic heterocycles. The largest absolute Gasteiger partial charge is 0.497 e. The Kier molecular flexibility index (Phi) is 8.38. The van der Waals surface area contributed by atoms with Crippen LogP contribution in [0.15, 0.2) is 60.7 Å². The third-order valence-corrected chi connectivity index (χ3v) is 7.04. The molecule has 4 rings (SSSR count). The highest BCUT2D eigenvalue weighted by Crippen LogP contribution is 2.23. The smallest absolute Gasteiger partial charge is 0.254 e. The van der Waals surface area contributed by atoms with Crippen molar-refractivity contribution in [1.29, 1.82) is 0 Å². The molecule has 0 aliphatic carbocycles. The predicted molar refractivity (Wildman–Crippen MR) is 145 cm³/mol. The first-order chi connectivity index (χ1) is 17.9. The lowest BCUT2D eigenvalue weighted by Gasteiger charge is -2.37. The lowest BCUT2D eigenvalue weighted by molar-refractivity contribution is -0.132. The van der Waals surface area contributed by atoms with E-state index in [-0.39, 0.29) is 24.4 Å². The number of rotatable bonds is 8. The minimum atomic E-state index is -0.0918. The molecule has 0 radical (unpaired) electrons. The molecule has 194 valence electrons. The van der Waals surface area contributed by atoms with E-state index in [0.29, 0.717) is 31.7 Å². The third kappa shape index (κ3) is 6.07. The molecule has 1 aliphatic rings. The molecule has 3 aromatic rings. The van der Waals surface area contributed by atoms with Crippen LogP contribution in [0.25, 0.3) is 11.3 Å². The van der Waals surface area contributed by atoms with Crippen molar-refractivity contribution in [2.75, 3.05) is 44.7 Å². The summed E-state index contributed by atoms with van der Waals surface area (Å²) in [7, 11) is 1.64. The van der Waals surface area contributed by atoms with Gasteiger partial charge in [-0.2, -0.15) is 0 Å². The lowest BCUT2D eigenvalue weighted by Crippen LogP contribution is -2.53. The molecule has 2 aromatic carbocycles. The molecule has 1 unspecified atom stereocenters. The van der Waals surface area contributed by atoms with E-state index in [1.54, 1.807) is 12.0 Å². The van der Waals surface area contributed by atoms with Crippen LogP contribution in [-0.4, -0.2) is 77.7 Å². The van der Waals surface area contributed by atoms with E-state index in [0.717, 1.165) is 34.8 Å². The van der Waals surface area contributed by atoms with Gasteiger partial charge in [0.1, 0.15) is 12.3 Å². The van der Waals surface area contributed by atoms with Gasteiger partial charge in [-0.05, 0) is 56.2 Å². The number of carbonyl (C=O) groups excluding carboxylic acids is 2. The molecule has 1 aromatic heterocycles. The molecular formula is C29H35N5O3. The maximum absolute atomic E-state index is 13.3. The summed E-state index contributed by atoms with van der Waals surface area (Å²) in [6, 6.07) is 19.2. The normalized spacial score (nSPS) is 14.3. The fraction of sp³-hybridized carbons (Fsp3) is 0.379. The van der Waals surface area contributed by atoms with Crippen LogP contribution in [0.4, 0.5) is 5.82 Å². The average molecular weight is 502 g/mol. The average Bonchev–Trinajstić information content (AvgIpc) is 2.95. The molecule has 2 heterocycles. The minimum Gasteiger partial charge on any atom is -0.497 e. The monoisotopic (exact) mass is 501 g/mol. The highest BCUT2D eigenvalue weighted by molar-refractivity contribution is 5.98. The fourth-order valence-electron chi connectivity index (χ4n) is 4.48. The number of methoxy groups -OCH3 is 1. The first-order valence-electron chi connectivity index (χ1n) is 12.8. The number of anilines is 1.